The molecule has 1 aromatic rings. The molecule has 1 fully saturated rings. The summed E-state index contributed by atoms with van der Waals surface area (Å²) in [6, 6.07) is 0.354. The van der Waals surface area contributed by atoms with Crippen LogP contribution >= 0.6 is 12.4 Å². The minimum atomic E-state index is 0. The monoisotopic (exact) mass is 284 g/mol. The van der Waals surface area contributed by atoms with Crippen LogP contribution < -0.4 is 5.32 Å². The third kappa shape index (κ3) is 2.62. The number of carbonyl (C=O) groups is 1. The number of halogens is 1. The Hall–Kier alpha value is -1.07. The van der Waals surface area contributed by atoms with Gasteiger partial charge in [0, 0.05) is 24.3 Å². The molecule has 1 amide bonds. The number of aromatic nitrogens is 2. The molecule has 2 aliphatic rings. The number of amides is 1. The molecule has 106 valence electrons. The zero-order valence-corrected chi connectivity index (χ0v) is 12.1. The molecule has 6 heteroatoms. The molecule has 2 heterocycles. The van der Waals surface area contributed by atoms with Gasteiger partial charge in [0.25, 0.3) is 5.91 Å². The molecule has 1 saturated heterocycles. The predicted octanol–water partition coefficient (Wildman–Crippen LogP) is 1.14. The summed E-state index contributed by atoms with van der Waals surface area (Å²) >= 11 is 0. The summed E-state index contributed by atoms with van der Waals surface area (Å²) in [4.78, 5) is 14.4. The minimum absolute atomic E-state index is 0. The molecule has 0 spiro atoms. The van der Waals surface area contributed by atoms with Crippen LogP contribution in [0, 0.1) is 0 Å². The number of nitrogens with zero attached hydrogens (tertiary/aromatic N) is 2. The van der Waals surface area contributed by atoms with Crippen LogP contribution in [0.3, 0.4) is 0 Å². The fraction of sp³-hybridized carbons (Fsp3) is 0.692. The second kappa shape index (κ2) is 5.92. The van der Waals surface area contributed by atoms with Gasteiger partial charge in [-0.3, -0.25) is 9.89 Å². The lowest BCUT2D eigenvalue weighted by Gasteiger charge is -2.31. The van der Waals surface area contributed by atoms with Crippen molar-refractivity contribution >= 4 is 18.3 Å². The molecule has 1 aliphatic heterocycles. The quantitative estimate of drug-likeness (QED) is 0.856. The van der Waals surface area contributed by atoms with E-state index in [1.807, 2.05) is 11.9 Å². The number of piperidine rings is 1. The van der Waals surface area contributed by atoms with Gasteiger partial charge in [-0.2, -0.15) is 5.10 Å². The Balaban J connectivity index is 0.00000133. The van der Waals surface area contributed by atoms with E-state index in [-0.39, 0.29) is 18.3 Å². The molecular weight excluding hydrogens is 264 g/mol. The molecule has 1 aromatic heterocycles. The molecular formula is C13H21ClN4O. The van der Waals surface area contributed by atoms with E-state index in [0.717, 1.165) is 56.5 Å². The van der Waals surface area contributed by atoms with Crippen LogP contribution in [0.2, 0.25) is 0 Å². The first kappa shape index (κ1) is 14.3. The highest BCUT2D eigenvalue weighted by Gasteiger charge is 2.28. The number of aromatic amines is 1. The molecule has 0 radical (unpaired) electrons. The highest BCUT2D eigenvalue weighted by molar-refractivity contribution is 5.94. The highest BCUT2D eigenvalue weighted by Crippen LogP contribution is 2.24. The third-order valence-corrected chi connectivity index (χ3v) is 4.19. The van der Waals surface area contributed by atoms with E-state index < -0.39 is 0 Å². The van der Waals surface area contributed by atoms with Crippen molar-refractivity contribution in [3.05, 3.63) is 17.0 Å². The topological polar surface area (TPSA) is 61.0 Å². The van der Waals surface area contributed by atoms with Gasteiger partial charge in [0.05, 0.1) is 0 Å². The Labute approximate surface area is 119 Å². The molecule has 2 N–H and O–H groups in total. The molecule has 3 rings (SSSR count). The van der Waals surface area contributed by atoms with Gasteiger partial charge in [-0.25, -0.2) is 0 Å². The molecule has 0 aromatic carbocycles. The highest BCUT2D eigenvalue weighted by atomic mass is 35.5. The number of aryl methyl sites for hydroxylation is 1. The lowest BCUT2D eigenvalue weighted by molar-refractivity contribution is 0.0696. The van der Waals surface area contributed by atoms with Gasteiger partial charge in [0.1, 0.15) is 0 Å². The summed E-state index contributed by atoms with van der Waals surface area (Å²) < 4.78 is 0. The Morgan fingerprint density at radius 2 is 2.05 bits per heavy atom. The molecule has 1 aliphatic carbocycles. The van der Waals surface area contributed by atoms with Crippen LogP contribution in [0.1, 0.15) is 41.0 Å². The van der Waals surface area contributed by atoms with Crippen LogP contribution in [0.5, 0.6) is 0 Å². The van der Waals surface area contributed by atoms with Gasteiger partial charge in [-0.15, -0.1) is 12.4 Å². The molecule has 19 heavy (non-hydrogen) atoms. The lowest BCUT2D eigenvalue weighted by atomic mass is 10.0. The maximum absolute atomic E-state index is 12.5. The zero-order valence-electron chi connectivity index (χ0n) is 11.2. The lowest BCUT2D eigenvalue weighted by Crippen LogP contribution is -2.44. The van der Waals surface area contributed by atoms with Crippen molar-refractivity contribution < 1.29 is 4.79 Å². The molecule has 5 nitrogen and oxygen atoms in total. The molecule has 0 atom stereocenters. The van der Waals surface area contributed by atoms with Gasteiger partial charge in [0.2, 0.25) is 0 Å². The van der Waals surface area contributed by atoms with E-state index in [2.05, 4.69) is 15.5 Å². The maximum atomic E-state index is 12.5. The van der Waals surface area contributed by atoms with Gasteiger partial charge < -0.3 is 10.2 Å². The van der Waals surface area contributed by atoms with Gasteiger partial charge in [-0.05, 0) is 45.2 Å². The average Bonchev–Trinajstić information content (AvgIpc) is 3.00. The summed E-state index contributed by atoms with van der Waals surface area (Å²) in [6.45, 7) is 2.00. The number of hydrogen-bond acceptors (Lipinski definition) is 3. The number of H-pyrrole nitrogens is 1. The summed E-state index contributed by atoms with van der Waals surface area (Å²) in [7, 11) is 1.91. The van der Waals surface area contributed by atoms with Crippen LogP contribution in [-0.2, 0) is 12.8 Å². The third-order valence-electron chi connectivity index (χ3n) is 4.19. The smallest absolute Gasteiger partial charge is 0.274 e. The molecule has 0 bridgehead atoms. The second-order valence-electron chi connectivity index (χ2n) is 5.28. The van der Waals surface area contributed by atoms with Gasteiger partial charge in [-0.1, -0.05) is 0 Å². The van der Waals surface area contributed by atoms with Crippen molar-refractivity contribution in [2.24, 2.45) is 0 Å². The fourth-order valence-corrected chi connectivity index (χ4v) is 3.02. The molecule has 0 saturated carbocycles. The zero-order chi connectivity index (χ0) is 12.5. The van der Waals surface area contributed by atoms with Crippen LogP contribution in [-0.4, -0.2) is 47.2 Å². The number of rotatable bonds is 2. The van der Waals surface area contributed by atoms with Crippen molar-refractivity contribution in [2.45, 2.75) is 38.1 Å². The van der Waals surface area contributed by atoms with E-state index in [4.69, 9.17) is 0 Å². The standard InChI is InChI=1S/C13H20N4O.ClH/c1-17(9-5-7-14-8-6-9)13(18)12-10-3-2-4-11(10)15-16-12;/h9,14H,2-8H2,1H3,(H,15,16);1H. The first-order valence-electron chi connectivity index (χ1n) is 6.81. The number of hydrogen-bond donors (Lipinski definition) is 2. The van der Waals surface area contributed by atoms with Crippen LogP contribution in [0.4, 0.5) is 0 Å². The predicted molar refractivity (Wildman–Crippen MR) is 75.8 cm³/mol. The number of nitrogens with one attached hydrogen (secondary N) is 2. The Morgan fingerprint density at radius 1 is 1.32 bits per heavy atom. The van der Waals surface area contributed by atoms with Crippen molar-refractivity contribution in [3.63, 3.8) is 0 Å². The second-order valence-corrected chi connectivity index (χ2v) is 5.28. The average molecular weight is 285 g/mol. The minimum Gasteiger partial charge on any atom is -0.337 e. The van der Waals surface area contributed by atoms with E-state index in [0.29, 0.717) is 11.7 Å². The summed E-state index contributed by atoms with van der Waals surface area (Å²) in [5.41, 5.74) is 2.97. The first-order chi connectivity index (χ1) is 8.77. The Bertz CT molecular complexity index is 453. The summed E-state index contributed by atoms with van der Waals surface area (Å²) in [5, 5.41) is 10.6. The van der Waals surface area contributed by atoms with Gasteiger partial charge in [0.15, 0.2) is 5.69 Å². The number of carbonyl (C=O) groups excluding carboxylic acids is 1. The van der Waals surface area contributed by atoms with Crippen molar-refractivity contribution in [1.82, 2.24) is 20.4 Å². The summed E-state index contributed by atoms with van der Waals surface area (Å²) in [5.74, 6) is 0.0845. The summed E-state index contributed by atoms with van der Waals surface area (Å²) in [6.07, 6.45) is 5.24. The largest absolute Gasteiger partial charge is 0.337 e. The van der Waals surface area contributed by atoms with E-state index in [9.17, 15) is 4.79 Å². The molecule has 0 unspecified atom stereocenters. The van der Waals surface area contributed by atoms with Crippen molar-refractivity contribution in [3.8, 4) is 0 Å². The van der Waals surface area contributed by atoms with E-state index >= 15 is 0 Å². The fourth-order valence-electron chi connectivity index (χ4n) is 3.02. The SMILES string of the molecule is CN(C(=O)c1n[nH]c2c1CCC2)C1CCNCC1.Cl. The maximum Gasteiger partial charge on any atom is 0.274 e. The van der Waals surface area contributed by atoms with Crippen molar-refractivity contribution in [2.75, 3.05) is 20.1 Å². The normalized spacial score (nSPS) is 18.8. The van der Waals surface area contributed by atoms with E-state index in [1.165, 1.54) is 0 Å². The first-order valence-corrected chi connectivity index (χ1v) is 6.81. The Morgan fingerprint density at radius 3 is 2.79 bits per heavy atom. The van der Waals surface area contributed by atoms with Crippen molar-refractivity contribution in [1.29, 1.82) is 0 Å². The van der Waals surface area contributed by atoms with Gasteiger partial charge >= 0.3 is 0 Å². The van der Waals surface area contributed by atoms with Crippen LogP contribution in [0.15, 0.2) is 0 Å². The van der Waals surface area contributed by atoms with E-state index in [1.54, 1.807) is 0 Å². The Kier molecular flexibility index (Phi) is 4.47. The number of fused-ring (bicyclic) bond motifs is 1. The van der Waals surface area contributed by atoms with Crippen LogP contribution in [0.25, 0.3) is 0 Å².